The molecule has 0 saturated heterocycles. The second-order valence-corrected chi connectivity index (χ2v) is 2.56. The summed E-state index contributed by atoms with van der Waals surface area (Å²) in [4.78, 5) is 10.1. The molecule has 1 rings (SSSR count). The number of nitrogens with one attached hydrogen (secondary N) is 1. The van der Waals surface area contributed by atoms with Gasteiger partial charge < -0.3 is 10.4 Å². The van der Waals surface area contributed by atoms with Crippen molar-refractivity contribution in [3.8, 4) is 0 Å². The van der Waals surface area contributed by atoms with Crippen molar-refractivity contribution in [1.82, 2.24) is 5.32 Å². The molecule has 0 aliphatic carbocycles. The Morgan fingerprint density at radius 1 is 1.46 bits per heavy atom. The Kier molecular flexibility index (Phi) is 3.25. The molecule has 2 N–H and O–H groups in total. The van der Waals surface area contributed by atoms with Gasteiger partial charge in [0.1, 0.15) is 6.17 Å². The van der Waals surface area contributed by atoms with Crippen LogP contribution in [0.2, 0.25) is 0 Å². The molecule has 0 saturated carbocycles. The maximum atomic E-state index is 13.2. The molecular weight excluding hydrogens is 173 g/mol. The van der Waals surface area contributed by atoms with Crippen molar-refractivity contribution in [2.24, 2.45) is 0 Å². The Hall–Kier alpha value is -1.58. The van der Waals surface area contributed by atoms with E-state index in [9.17, 15) is 9.18 Å². The van der Waals surface area contributed by atoms with E-state index in [1.165, 1.54) is 0 Å². The molecule has 0 aliphatic heterocycles. The first-order valence-electron chi connectivity index (χ1n) is 3.86. The van der Waals surface area contributed by atoms with Crippen LogP contribution < -0.4 is 5.32 Å². The summed E-state index contributed by atoms with van der Waals surface area (Å²) in [5, 5.41) is 10.2. The van der Waals surface area contributed by atoms with E-state index >= 15 is 0 Å². The van der Waals surface area contributed by atoms with Crippen LogP contribution in [-0.4, -0.2) is 17.7 Å². The molecule has 1 amide bonds. The number of amides is 1. The van der Waals surface area contributed by atoms with Gasteiger partial charge in [-0.3, -0.25) is 0 Å². The first-order valence-corrected chi connectivity index (χ1v) is 3.86. The van der Waals surface area contributed by atoms with E-state index in [-0.39, 0.29) is 6.54 Å². The van der Waals surface area contributed by atoms with Crippen LogP contribution in [0.1, 0.15) is 11.7 Å². The lowest BCUT2D eigenvalue weighted by Gasteiger charge is -2.07. The molecular formula is C9H10FNO2. The zero-order valence-corrected chi connectivity index (χ0v) is 6.90. The van der Waals surface area contributed by atoms with Crippen molar-refractivity contribution in [3.63, 3.8) is 0 Å². The van der Waals surface area contributed by atoms with Gasteiger partial charge in [-0.15, -0.1) is 0 Å². The smallest absolute Gasteiger partial charge is 0.404 e. The minimum absolute atomic E-state index is 0.209. The number of carboxylic acid groups (broad SMARTS) is 1. The predicted molar refractivity (Wildman–Crippen MR) is 46.3 cm³/mol. The van der Waals surface area contributed by atoms with E-state index in [2.05, 4.69) is 0 Å². The van der Waals surface area contributed by atoms with Crippen LogP contribution in [0.5, 0.6) is 0 Å². The number of rotatable bonds is 3. The summed E-state index contributed by atoms with van der Waals surface area (Å²) in [6, 6.07) is 8.44. The van der Waals surface area contributed by atoms with Gasteiger partial charge in [-0.1, -0.05) is 30.3 Å². The zero-order valence-electron chi connectivity index (χ0n) is 6.90. The number of halogens is 1. The van der Waals surface area contributed by atoms with Gasteiger partial charge in [0.2, 0.25) is 0 Å². The highest BCUT2D eigenvalue weighted by Gasteiger charge is 2.09. The molecule has 0 radical (unpaired) electrons. The van der Waals surface area contributed by atoms with Crippen molar-refractivity contribution < 1.29 is 14.3 Å². The first-order chi connectivity index (χ1) is 6.20. The average molecular weight is 183 g/mol. The monoisotopic (exact) mass is 183 g/mol. The minimum atomic E-state index is -1.28. The fourth-order valence-corrected chi connectivity index (χ4v) is 0.957. The SMILES string of the molecule is O=C(O)NCC(F)c1ccccc1. The summed E-state index contributed by atoms with van der Waals surface area (Å²) in [5.74, 6) is 0. The lowest BCUT2D eigenvalue weighted by molar-refractivity contribution is 0.189. The average Bonchev–Trinajstić information content (AvgIpc) is 2.15. The van der Waals surface area contributed by atoms with Gasteiger partial charge in [0, 0.05) is 0 Å². The molecule has 4 heteroatoms. The van der Waals surface area contributed by atoms with Gasteiger partial charge >= 0.3 is 6.09 Å². The van der Waals surface area contributed by atoms with E-state index in [0.29, 0.717) is 5.56 Å². The van der Waals surface area contributed by atoms with Crippen molar-refractivity contribution in [2.45, 2.75) is 6.17 Å². The van der Waals surface area contributed by atoms with Crippen LogP contribution in [0, 0.1) is 0 Å². The molecule has 0 aromatic heterocycles. The second-order valence-electron chi connectivity index (χ2n) is 2.56. The van der Waals surface area contributed by atoms with Gasteiger partial charge in [0.15, 0.2) is 0 Å². The lowest BCUT2D eigenvalue weighted by Crippen LogP contribution is -2.24. The highest BCUT2D eigenvalue weighted by atomic mass is 19.1. The molecule has 1 aromatic carbocycles. The van der Waals surface area contributed by atoms with Gasteiger partial charge in [0.05, 0.1) is 6.54 Å². The number of hydrogen-bond acceptors (Lipinski definition) is 1. The molecule has 0 fully saturated rings. The fraction of sp³-hybridized carbons (Fsp3) is 0.222. The molecule has 0 spiro atoms. The summed E-state index contributed by atoms with van der Waals surface area (Å²) in [6.07, 6.45) is -2.49. The number of hydrogen-bond donors (Lipinski definition) is 2. The number of alkyl halides is 1. The maximum absolute atomic E-state index is 13.2. The van der Waals surface area contributed by atoms with Gasteiger partial charge in [-0.05, 0) is 5.56 Å². The van der Waals surface area contributed by atoms with Crippen molar-refractivity contribution >= 4 is 6.09 Å². The highest BCUT2D eigenvalue weighted by Crippen LogP contribution is 2.14. The van der Waals surface area contributed by atoms with Crippen molar-refractivity contribution in [2.75, 3.05) is 6.54 Å². The third-order valence-electron chi connectivity index (χ3n) is 1.59. The highest BCUT2D eigenvalue weighted by molar-refractivity contribution is 5.64. The fourth-order valence-electron chi connectivity index (χ4n) is 0.957. The quantitative estimate of drug-likeness (QED) is 0.752. The van der Waals surface area contributed by atoms with Crippen molar-refractivity contribution in [3.05, 3.63) is 35.9 Å². The first kappa shape index (κ1) is 9.51. The van der Waals surface area contributed by atoms with Crippen molar-refractivity contribution in [1.29, 1.82) is 0 Å². The Bertz CT molecular complexity index is 276. The third-order valence-corrected chi connectivity index (χ3v) is 1.59. The topological polar surface area (TPSA) is 49.3 Å². The van der Waals surface area contributed by atoms with E-state index in [1.54, 1.807) is 30.3 Å². The minimum Gasteiger partial charge on any atom is -0.465 e. The zero-order chi connectivity index (χ0) is 9.68. The van der Waals surface area contributed by atoms with Crippen LogP contribution in [-0.2, 0) is 0 Å². The van der Waals surface area contributed by atoms with Crippen LogP contribution >= 0.6 is 0 Å². The summed E-state index contributed by atoms with van der Waals surface area (Å²) < 4.78 is 13.2. The molecule has 0 aliphatic rings. The molecule has 1 aromatic rings. The summed E-state index contributed by atoms with van der Waals surface area (Å²) >= 11 is 0. The van der Waals surface area contributed by atoms with Crippen LogP contribution in [0.15, 0.2) is 30.3 Å². The Labute approximate surface area is 75.2 Å². The van der Waals surface area contributed by atoms with E-state index < -0.39 is 12.3 Å². The normalized spacial score (nSPS) is 12.1. The van der Waals surface area contributed by atoms with Gasteiger partial charge in [0.25, 0.3) is 0 Å². The lowest BCUT2D eigenvalue weighted by atomic mass is 10.1. The molecule has 13 heavy (non-hydrogen) atoms. The second kappa shape index (κ2) is 4.45. The standard InChI is InChI=1S/C9H10FNO2/c10-8(6-11-9(12)13)7-4-2-1-3-5-7/h1-5,8,11H,6H2,(H,12,13). The molecule has 70 valence electrons. The summed E-state index contributed by atoms with van der Waals surface area (Å²) in [7, 11) is 0. The number of carbonyl (C=O) groups is 1. The van der Waals surface area contributed by atoms with Crippen LogP contribution in [0.25, 0.3) is 0 Å². The molecule has 3 nitrogen and oxygen atoms in total. The molecule has 0 heterocycles. The Balaban J connectivity index is 2.49. The Morgan fingerprint density at radius 3 is 2.62 bits per heavy atom. The maximum Gasteiger partial charge on any atom is 0.404 e. The van der Waals surface area contributed by atoms with Gasteiger partial charge in [-0.2, -0.15) is 0 Å². The predicted octanol–water partition coefficient (Wildman–Crippen LogP) is 1.96. The summed E-state index contributed by atoms with van der Waals surface area (Å²) in [6.45, 7) is -0.209. The van der Waals surface area contributed by atoms with E-state index in [1.807, 2.05) is 5.32 Å². The largest absolute Gasteiger partial charge is 0.465 e. The van der Waals surface area contributed by atoms with E-state index in [0.717, 1.165) is 0 Å². The number of benzene rings is 1. The Morgan fingerprint density at radius 2 is 2.08 bits per heavy atom. The van der Waals surface area contributed by atoms with E-state index in [4.69, 9.17) is 5.11 Å². The van der Waals surface area contributed by atoms with Crippen LogP contribution in [0.3, 0.4) is 0 Å². The van der Waals surface area contributed by atoms with Crippen LogP contribution in [0.4, 0.5) is 9.18 Å². The third kappa shape index (κ3) is 3.11. The molecule has 0 bridgehead atoms. The summed E-state index contributed by atoms with van der Waals surface area (Å²) in [5.41, 5.74) is 0.483. The molecule has 1 unspecified atom stereocenters. The molecule has 1 atom stereocenters. The van der Waals surface area contributed by atoms with Gasteiger partial charge in [-0.25, -0.2) is 9.18 Å².